The average molecular weight is 143 g/mol. The molecule has 0 aromatic rings. The Balaban J connectivity index is 2.57. The van der Waals surface area contributed by atoms with Gasteiger partial charge in [-0.15, -0.1) is 0 Å². The first-order valence-electron chi connectivity index (χ1n) is 3.75. The van der Waals surface area contributed by atoms with Crippen LogP contribution in [0.3, 0.4) is 0 Å². The van der Waals surface area contributed by atoms with E-state index in [0.717, 1.165) is 6.42 Å². The number of nitrogens with zero attached hydrogens (tertiary/aromatic N) is 1. The third kappa shape index (κ3) is 1.14. The van der Waals surface area contributed by atoms with Crippen molar-refractivity contribution < 1.29 is 10.6 Å². The summed E-state index contributed by atoms with van der Waals surface area (Å²) in [6.07, 6.45) is 1.67. The summed E-state index contributed by atoms with van der Waals surface area (Å²) >= 11 is 0. The van der Waals surface area contributed by atoms with Gasteiger partial charge in [-0.2, -0.15) is 5.01 Å². The van der Waals surface area contributed by atoms with Crippen molar-refractivity contribution in [3.63, 3.8) is 0 Å². The highest BCUT2D eigenvalue weighted by atomic mass is 16.2. The van der Waals surface area contributed by atoms with Gasteiger partial charge in [-0.3, -0.25) is 10.6 Å². The fraction of sp³-hybridized carbons (Fsp3) is 0.857. The summed E-state index contributed by atoms with van der Waals surface area (Å²) < 4.78 is 0. The van der Waals surface area contributed by atoms with Crippen molar-refractivity contribution in [2.45, 2.75) is 32.7 Å². The van der Waals surface area contributed by atoms with Gasteiger partial charge in [0.15, 0.2) is 0 Å². The molecule has 0 radical (unpaired) electrons. The van der Waals surface area contributed by atoms with E-state index in [1.165, 1.54) is 0 Å². The maximum absolute atomic E-state index is 11.0. The Morgan fingerprint density at radius 2 is 2.30 bits per heavy atom. The lowest BCUT2D eigenvalue weighted by atomic mass is 10.0. The van der Waals surface area contributed by atoms with E-state index in [-0.39, 0.29) is 5.91 Å². The van der Waals surface area contributed by atoms with Crippen molar-refractivity contribution in [1.82, 2.24) is 5.01 Å². The number of carbonyl (C=O) groups is 1. The van der Waals surface area contributed by atoms with E-state index >= 15 is 0 Å². The fourth-order valence-corrected chi connectivity index (χ4v) is 1.45. The van der Waals surface area contributed by atoms with Crippen LogP contribution in [0, 0.1) is 5.92 Å². The van der Waals surface area contributed by atoms with Crippen molar-refractivity contribution in [3.8, 4) is 0 Å². The van der Waals surface area contributed by atoms with E-state index in [0.29, 0.717) is 18.4 Å². The SMILES string of the molecule is CC(C)C1CCC(=O)N1[NH3+]. The minimum atomic E-state index is 0.193. The van der Waals surface area contributed by atoms with Crippen LogP contribution in [-0.4, -0.2) is 17.0 Å². The number of carbonyl (C=O) groups excluding carboxylic acids is 1. The molecule has 0 aromatic heterocycles. The standard InChI is InChI=1S/C7H14N2O/c1-5(2)6-3-4-7(10)9(6)8/h5-6H,3-4,8H2,1-2H3/p+1. The van der Waals surface area contributed by atoms with E-state index in [4.69, 9.17) is 0 Å². The molecule has 3 heteroatoms. The molecule has 0 aromatic carbocycles. The van der Waals surface area contributed by atoms with Crippen LogP contribution in [0.4, 0.5) is 0 Å². The predicted molar refractivity (Wildman–Crippen MR) is 37.6 cm³/mol. The first-order chi connectivity index (χ1) is 4.63. The van der Waals surface area contributed by atoms with Crippen molar-refractivity contribution in [3.05, 3.63) is 0 Å². The molecule has 1 saturated heterocycles. The van der Waals surface area contributed by atoms with Crippen LogP contribution in [0.2, 0.25) is 0 Å². The highest BCUT2D eigenvalue weighted by Crippen LogP contribution is 2.19. The molecule has 1 fully saturated rings. The van der Waals surface area contributed by atoms with Gasteiger partial charge in [-0.1, -0.05) is 13.8 Å². The largest absolute Gasteiger partial charge is 0.270 e. The van der Waals surface area contributed by atoms with Crippen molar-refractivity contribution >= 4 is 5.91 Å². The van der Waals surface area contributed by atoms with Gasteiger partial charge >= 0.3 is 0 Å². The summed E-state index contributed by atoms with van der Waals surface area (Å²) in [7, 11) is 0. The number of quaternary nitrogens is 1. The minimum absolute atomic E-state index is 0.193. The lowest BCUT2D eigenvalue weighted by Crippen LogP contribution is -2.71. The summed E-state index contributed by atoms with van der Waals surface area (Å²) in [5.41, 5.74) is 0. The second-order valence-electron chi connectivity index (χ2n) is 3.21. The van der Waals surface area contributed by atoms with Gasteiger partial charge in [0.2, 0.25) is 0 Å². The molecule has 1 atom stereocenters. The molecule has 0 spiro atoms. The van der Waals surface area contributed by atoms with Gasteiger partial charge in [0.1, 0.15) is 0 Å². The molecule has 1 amide bonds. The van der Waals surface area contributed by atoms with Crippen molar-refractivity contribution in [2.24, 2.45) is 5.92 Å². The smallest absolute Gasteiger partial charge is 0.267 e. The average Bonchev–Trinajstić information content (AvgIpc) is 2.14. The van der Waals surface area contributed by atoms with E-state index < -0.39 is 0 Å². The molecule has 0 aliphatic carbocycles. The van der Waals surface area contributed by atoms with Gasteiger partial charge in [0.05, 0.1) is 6.04 Å². The molecule has 10 heavy (non-hydrogen) atoms. The van der Waals surface area contributed by atoms with Gasteiger partial charge in [-0.05, 0) is 12.3 Å². The third-order valence-corrected chi connectivity index (χ3v) is 2.14. The number of amides is 1. The minimum Gasteiger partial charge on any atom is -0.270 e. The van der Waals surface area contributed by atoms with Crippen LogP contribution < -0.4 is 5.84 Å². The third-order valence-electron chi connectivity index (χ3n) is 2.14. The van der Waals surface area contributed by atoms with Gasteiger partial charge in [0.25, 0.3) is 5.91 Å². The zero-order chi connectivity index (χ0) is 7.72. The van der Waals surface area contributed by atoms with E-state index in [9.17, 15) is 4.79 Å². The van der Waals surface area contributed by atoms with E-state index in [1.807, 2.05) is 0 Å². The van der Waals surface area contributed by atoms with Crippen LogP contribution in [0.5, 0.6) is 0 Å². The van der Waals surface area contributed by atoms with Crippen LogP contribution in [-0.2, 0) is 4.79 Å². The first kappa shape index (κ1) is 7.54. The van der Waals surface area contributed by atoms with Gasteiger partial charge in [-0.25, -0.2) is 0 Å². The molecule has 1 unspecified atom stereocenters. The van der Waals surface area contributed by atoms with Crippen LogP contribution in [0.1, 0.15) is 26.7 Å². The molecular formula is C7H15N2O+. The normalized spacial score (nSPS) is 26.6. The second kappa shape index (κ2) is 2.58. The molecule has 3 nitrogen and oxygen atoms in total. The molecule has 3 N–H and O–H groups in total. The van der Waals surface area contributed by atoms with Gasteiger partial charge in [0, 0.05) is 6.42 Å². The zero-order valence-corrected chi connectivity index (χ0v) is 6.63. The van der Waals surface area contributed by atoms with Crippen molar-refractivity contribution in [1.29, 1.82) is 0 Å². The van der Waals surface area contributed by atoms with Gasteiger partial charge < -0.3 is 0 Å². The Morgan fingerprint density at radius 3 is 2.50 bits per heavy atom. The molecule has 0 bridgehead atoms. The monoisotopic (exact) mass is 143 g/mol. The number of hydrogen-bond donors (Lipinski definition) is 1. The topological polar surface area (TPSA) is 48.0 Å². The summed E-state index contributed by atoms with van der Waals surface area (Å²) in [6.45, 7) is 4.25. The molecule has 1 rings (SSSR count). The maximum Gasteiger partial charge on any atom is 0.267 e. The van der Waals surface area contributed by atoms with Crippen LogP contribution >= 0.6 is 0 Å². The second-order valence-corrected chi connectivity index (χ2v) is 3.21. The summed E-state index contributed by atoms with van der Waals surface area (Å²) in [4.78, 5) is 11.0. The zero-order valence-electron chi connectivity index (χ0n) is 6.63. The van der Waals surface area contributed by atoms with Crippen LogP contribution in [0.25, 0.3) is 0 Å². The molecular weight excluding hydrogens is 128 g/mol. The van der Waals surface area contributed by atoms with Crippen LogP contribution in [0.15, 0.2) is 0 Å². The number of rotatable bonds is 1. The van der Waals surface area contributed by atoms with E-state index in [2.05, 4.69) is 19.7 Å². The Morgan fingerprint density at radius 1 is 1.70 bits per heavy atom. The predicted octanol–water partition coefficient (Wildman–Crippen LogP) is -0.210. The summed E-state index contributed by atoms with van der Waals surface area (Å²) in [5.74, 6) is 4.44. The molecule has 58 valence electrons. The number of hydrogen-bond acceptors (Lipinski definition) is 1. The lowest BCUT2D eigenvalue weighted by molar-refractivity contribution is -0.559. The van der Waals surface area contributed by atoms with Crippen molar-refractivity contribution in [2.75, 3.05) is 0 Å². The quantitative estimate of drug-likeness (QED) is 0.542. The summed E-state index contributed by atoms with van der Waals surface area (Å²) in [6, 6.07) is 0.382. The fourth-order valence-electron chi connectivity index (χ4n) is 1.45. The molecule has 1 aliphatic heterocycles. The Labute approximate surface area is 61.2 Å². The van der Waals surface area contributed by atoms with E-state index in [1.54, 1.807) is 5.01 Å². The molecule has 1 aliphatic rings. The Hall–Kier alpha value is -0.570. The molecule has 0 saturated carbocycles. The highest BCUT2D eigenvalue weighted by Gasteiger charge is 2.33. The summed E-state index contributed by atoms with van der Waals surface area (Å²) in [5, 5.41) is 1.63. The lowest BCUT2D eigenvalue weighted by Gasteiger charge is -2.18. The highest BCUT2D eigenvalue weighted by molar-refractivity contribution is 5.77. The first-order valence-corrected chi connectivity index (χ1v) is 3.75. The molecule has 1 heterocycles. The Bertz CT molecular complexity index is 145. The Kier molecular flexibility index (Phi) is 1.94. The maximum atomic E-state index is 11.0.